The van der Waals surface area contributed by atoms with E-state index in [0.717, 1.165) is 0 Å². The number of thiophene rings is 1. The first kappa shape index (κ1) is 11.4. The highest BCUT2D eigenvalue weighted by Crippen LogP contribution is 2.23. The summed E-state index contributed by atoms with van der Waals surface area (Å²) in [6.07, 6.45) is 0. The largest absolute Gasteiger partial charge is 0.406 e. The van der Waals surface area contributed by atoms with Crippen molar-refractivity contribution in [3.8, 4) is 0 Å². The molecule has 0 bridgehead atoms. The molecule has 2 aromatic heterocycles. The van der Waals surface area contributed by atoms with Crippen LogP contribution in [0.3, 0.4) is 0 Å². The molecule has 86 valence electrons. The minimum atomic E-state index is -0.264. The van der Waals surface area contributed by atoms with Gasteiger partial charge < -0.3 is 9.73 Å². The van der Waals surface area contributed by atoms with Gasteiger partial charge in [0.1, 0.15) is 5.38 Å². The van der Waals surface area contributed by atoms with Gasteiger partial charge in [-0.25, -0.2) is 0 Å². The molecule has 0 spiro atoms. The van der Waals surface area contributed by atoms with Gasteiger partial charge in [0.25, 0.3) is 0 Å². The van der Waals surface area contributed by atoms with Crippen LogP contribution < -0.4 is 5.32 Å². The lowest BCUT2D eigenvalue weighted by Crippen LogP contribution is -2.05. The van der Waals surface area contributed by atoms with Crippen LogP contribution in [-0.2, 0) is 0 Å². The lowest BCUT2D eigenvalue weighted by atomic mass is 10.2. The van der Waals surface area contributed by atoms with E-state index < -0.39 is 0 Å². The Morgan fingerprint density at radius 2 is 2.25 bits per heavy atom. The number of alkyl halides is 1. The van der Waals surface area contributed by atoms with Gasteiger partial charge in [0, 0.05) is 0 Å². The molecule has 0 radical (unpaired) electrons. The van der Waals surface area contributed by atoms with E-state index in [0.29, 0.717) is 11.9 Å². The van der Waals surface area contributed by atoms with Gasteiger partial charge in [0.05, 0.1) is 6.04 Å². The number of rotatable bonds is 4. The lowest BCUT2D eigenvalue weighted by molar-refractivity contribution is 0.502. The molecule has 6 heteroatoms. The maximum absolute atomic E-state index is 5.83. The molecule has 0 amide bonds. The second-order valence-electron chi connectivity index (χ2n) is 3.48. The molecule has 0 fully saturated rings. The zero-order chi connectivity index (χ0) is 11.5. The minimum absolute atomic E-state index is 0.144. The van der Waals surface area contributed by atoms with Gasteiger partial charge in [-0.05, 0) is 36.2 Å². The quantitative estimate of drug-likeness (QED) is 0.851. The molecule has 0 aliphatic carbocycles. The Hall–Kier alpha value is -1.07. The van der Waals surface area contributed by atoms with Crippen molar-refractivity contribution in [1.82, 2.24) is 10.2 Å². The van der Waals surface area contributed by atoms with Crippen molar-refractivity contribution in [2.24, 2.45) is 0 Å². The van der Waals surface area contributed by atoms with Crippen molar-refractivity contribution in [3.05, 3.63) is 28.3 Å². The first-order valence-corrected chi connectivity index (χ1v) is 6.31. The normalized spacial score (nSPS) is 14.7. The summed E-state index contributed by atoms with van der Waals surface area (Å²) >= 11 is 7.49. The summed E-state index contributed by atoms with van der Waals surface area (Å²) in [5.41, 5.74) is 1.20. The number of aromatic nitrogens is 2. The highest BCUT2D eigenvalue weighted by atomic mass is 35.5. The van der Waals surface area contributed by atoms with Crippen LogP contribution >= 0.6 is 22.9 Å². The highest BCUT2D eigenvalue weighted by Gasteiger charge is 2.13. The molecule has 0 saturated carbocycles. The fraction of sp³-hybridized carbons (Fsp3) is 0.400. The number of hydrogen-bond donors (Lipinski definition) is 1. The summed E-state index contributed by atoms with van der Waals surface area (Å²) in [7, 11) is 0. The molecule has 2 rings (SSSR count). The summed E-state index contributed by atoms with van der Waals surface area (Å²) in [6, 6.07) is 2.61. The molecule has 2 aromatic rings. The highest BCUT2D eigenvalue weighted by molar-refractivity contribution is 7.07. The Kier molecular flexibility index (Phi) is 3.46. The topological polar surface area (TPSA) is 51.0 Å². The van der Waals surface area contributed by atoms with Gasteiger partial charge in [0.15, 0.2) is 0 Å². The van der Waals surface area contributed by atoms with Gasteiger partial charge in [-0.15, -0.1) is 16.7 Å². The Labute approximate surface area is 103 Å². The molecule has 0 aliphatic rings. The van der Waals surface area contributed by atoms with Crippen LogP contribution in [0.15, 0.2) is 21.2 Å². The Balaban J connectivity index is 2.03. The van der Waals surface area contributed by atoms with Crippen molar-refractivity contribution >= 4 is 29.0 Å². The van der Waals surface area contributed by atoms with E-state index in [-0.39, 0.29) is 11.4 Å². The van der Waals surface area contributed by atoms with E-state index in [4.69, 9.17) is 16.0 Å². The van der Waals surface area contributed by atoms with Gasteiger partial charge in [0.2, 0.25) is 5.89 Å². The maximum atomic E-state index is 5.83. The van der Waals surface area contributed by atoms with E-state index in [1.165, 1.54) is 5.56 Å². The molecule has 16 heavy (non-hydrogen) atoms. The minimum Gasteiger partial charge on any atom is -0.406 e. The van der Waals surface area contributed by atoms with Gasteiger partial charge in [-0.1, -0.05) is 5.10 Å². The summed E-state index contributed by atoms with van der Waals surface area (Å²) in [5, 5.41) is 14.7. The predicted molar refractivity (Wildman–Crippen MR) is 64.9 cm³/mol. The Morgan fingerprint density at radius 3 is 2.81 bits per heavy atom. The van der Waals surface area contributed by atoms with Crippen LogP contribution in [0.1, 0.15) is 36.7 Å². The molecule has 2 unspecified atom stereocenters. The van der Waals surface area contributed by atoms with Gasteiger partial charge in [-0.3, -0.25) is 0 Å². The van der Waals surface area contributed by atoms with Crippen molar-refractivity contribution < 1.29 is 4.42 Å². The maximum Gasteiger partial charge on any atom is 0.315 e. The van der Waals surface area contributed by atoms with Crippen LogP contribution in [0.5, 0.6) is 0 Å². The van der Waals surface area contributed by atoms with Crippen LogP contribution in [0.25, 0.3) is 0 Å². The van der Waals surface area contributed by atoms with E-state index in [9.17, 15) is 0 Å². The third-order valence-electron chi connectivity index (χ3n) is 2.16. The number of nitrogens with one attached hydrogen (secondary N) is 1. The molecule has 0 aliphatic heterocycles. The van der Waals surface area contributed by atoms with Crippen LogP contribution in [0, 0.1) is 0 Å². The average Bonchev–Trinajstić information content (AvgIpc) is 2.87. The fourth-order valence-electron chi connectivity index (χ4n) is 1.24. The summed E-state index contributed by atoms with van der Waals surface area (Å²) in [4.78, 5) is 0. The molecule has 2 atom stereocenters. The van der Waals surface area contributed by atoms with E-state index in [1.807, 2.05) is 12.3 Å². The molecule has 1 N–H and O–H groups in total. The van der Waals surface area contributed by atoms with Gasteiger partial charge in [-0.2, -0.15) is 11.3 Å². The summed E-state index contributed by atoms with van der Waals surface area (Å²) in [6.45, 7) is 3.83. The summed E-state index contributed by atoms with van der Waals surface area (Å²) in [5.74, 6) is 0.432. The van der Waals surface area contributed by atoms with Crippen molar-refractivity contribution in [1.29, 1.82) is 0 Å². The molecular weight excluding hydrogens is 246 g/mol. The fourth-order valence-corrected chi connectivity index (χ4v) is 2.09. The first-order valence-electron chi connectivity index (χ1n) is 4.93. The van der Waals surface area contributed by atoms with E-state index >= 15 is 0 Å². The van der Waals surface area contributed by atoms with Crippen LogP contribution in [0.2, 0.25) is 0 Å². The number of anilines is 1. The van der Waals surface area contributed by atoms with Crippen molar-refractivity contribution in [2.45, 2.75) is 25.3 Å². The Bertz CT molecular complexity index is 441. The number of hydrogen-bond acceptors (Lipinski definition) is 5. The zero-order valence-corrected chi connectivity index (χ0v) is 10.5. The van der Waals surface area contributed by atoms with Crippen LogP contribution in [-0.4, -0.2) is 10.2 Å². The number of halogens is 1. The third-order valence-corrected chi connectivity index (χ3v) is 3.05. The zero-order valence-electron chi connectivity index (χ0n) is 8.98. The SMILES string of the molecule is CC(Cl)c1nnc(NC(C)c2ccsc2)o1. The predicted octanol–water partition coefficient (Wildman–Crippen LogP) is 3.60. The standard InChI is InChI=1S/C10H12ClN3OS/c1-6(11)9-13-14-10(15-9)12-7(2)8-3-4-16-5-8/h3-7H,1-2H3,(H,12,14). The monoisotopic (exact) mass is 257 g/mol. The van der Waals surface area contributed by atoms with E-state index in [2.05, 4.69) is 27.0 Å². The lowest BCUT2D eigenvalue weighted by Gasteiger charge is -2.09. The third kappa shape index (κ3) is 2.54. The van der Waals surface area contributed by atoms with E-state index in [1.54, 1.807) is 18.3 Å². The molecule has 0 saturated heterocycles. The average molecular weight is 258 g/mol. The van der Waals surface area contributed by atoms with Crippen molar-refractivity contribution in [3.63, 3.8) is 0 Å². The first-order chi connectivity index (χ1) is 7.66. The van der Waals surface area contributed by atoms with Crippen LogP contribution in [0.4, 0.5) is 6.01 Å². The van der Waals surface area contributed by atoms with Crippen molar-refractivity contribution in [2.75, 3.05) is 5.32 Å². The second-order valence-corrected chi connectivity index (χ2v) is 4.92. The smallest absolute Gasteiger partial charge is 0.315 e. The molecule has 4 nitrogen and oxygen atoms in total. The second kappa shape index (κ2) is 4.84. The molecule has 0 aromatic carbocycles. The Morgan fingerprint density at radius 1 is 1.44 bits per heavy atom. The molecule has 2 heterocycles. The number of nitrogens with zero attached hydrogens (tertiary/aromatic N) is 2. The summed E-state index contributed by atoms with van der Waals surface area (Å²) < 4.78 is 5.35. The van der Waals surface area contributed by atoms with Gasteiger partial charge >= 0.3 is 6.01 Å². The molecular formula is C10H12ClN3OS.